The summed E-state index contributed by atoms with van der Waals surface area (Å²) < 4.78 is 100. The number of carbonyl (C=O) groups excluding carboxylic acids is 3. The van der Waals surface area contributed by atoms with Gasteiger partial charge in [0.05, 0.1) is 59.9 Å². The van der Waals surface area contributed by atoms with Crippen LogP contribution in [0.15, 0.2) is 0 Å². The maximum atomic E-state index is 15.0. The Hall–Kier alpha value is -2.95. The van der Waals surface area contributed by atoms with Crippen LogP contribution in [0.25, 0.3) is 0 Å². The van der Waals surface area contributed by atoms with Crippen LogP contribution >= 0.6 is 0 Å². The molecule has 0 radical (unpaired) electrons. The van der Waals surface area contributed by atoms with Crippen molar-refractivity contribution in [1.29, 1.82) is 0 Å². The predicted octanol–water partition coefficient (Wildman–Crippen LogP) is 10.3. The van der Waals surface area contributed by atoms with E-state index in [0.29, 0.717) is 6.42 Å². The number of amides is 2. The van der Waals surface area contributed by atoms with Gasteiger partial charge < -0.3 is 30.3 Å². The number of ether oxygens (including phenoxy) is 2. The molecule has 0 aliphatic heterocycles. The molecule has 0 spiro atoms. The number of aliphatic carboxylic acids is 2. The van der Waals surface area contributed by atoms with Crippen LogP contribution < -0.4 is 10.6 Å². The van der Waals surface area contributed by atoms with Gasteiger partial charge in [-0.3, -0.25) is 24.0 Å². The van der Waals surface area contributed by atoms with Crippen LogP contribution in [0.5, 0.6) is 0 Å². The first-order valence-corrected chi connectivity index (χ1v) is 26.1. The summed E-state index contributed by atoms with van der Waals surface area (Å²) in [5.41, 5.74) is -0.150. The van der Waals surface area contributed by atoms with Gasteiger partial charge in [0.25, 0.3) is 0 Å². The molecule has 16 atom stereocenters. The maximum Gasteiger partial charge on any atom is 0.394 e. The number of ketones is 1. The van der Waals surface area contributed by atoms with Crippen LogP contribution in [0.4, 0.5) is 26.3 Å². The van der Waals surface area contributed by atoms with Crippen molar-refractivity contribution >= 4 is 29.5 Å². The van der Waals surface area contributed by atoms with Crippen LogP contribution in [0.2, 0.25) is 0 Å². The number of carbonyl (C=O) groups is 5. The number of carboxylic acids is 2. The zero-order chi connectivity index (χ0) is 51.1. The van der Waals surface area contributed by atoms with Gasteiger partial charge in [0.1, 0.15) is 5.78 Å². The van der Waals surface area contributed by atoms with Crippen molar-refractivity contribution in [3.8, 4) is 0 Å². The second-order valence-corrected chi connectivity index (χ2v) is 23.7. The molecule has 17 heteroatoms. The fraction of sp³-hybridized carbons (Fsp3) is 0.904. The highest BCUT2D eigenvalue weighted by Gasteiger charge is 2.54. The van der Waals surface area contributed by atoms with E-state index in [2.05, 4.69) is 38.3 Å². The molecule has 6 saturated carbocycles. The molecular weight excluding hydrogens is 911 g/mol. The molecule has 6 fully saturated rings. The third-order valence-corrected chi connectivity index (χ3v) is 18.7. The number of hydrogen-bond acceptors (Lipinski definition) is 7. The number of nitrogens with one attached hydrogen (secondary N) is 2. The van der Waals surface area contributed by atoms with Crippen molar-refractivity contribution in [2.24, 2.45) is 94.2 Å². The number of Topliss-reactive ketones (excluding diaryl/α,β-unsaturated/α-hetero) is 1. The van der Waals surface area contributed by atoms with Crippen molar-refractivity contribution in [3.05, 3.63) is 0 Å². The van der Waals surface area contributed by atoms with Crippen molar-refractivity contribution in [3.63, 3.8) is 0 Å². The maximum absolute atomic E-state index is 15.0. The van der Waals surface area contributed by atoms with E-state index in [1.165, 1.54) is 7.05 Å². The highest BCUT2D eigenvalue weighted by atomic mass is 19.4. The quantitative estimate of drug-likeness (QED) is 0.131. The van der Waals surface area contributed by atoms with Crippen molar-refractivity contribution in [1.82, 2.24) is 10.6 Å². The summed E-state index contributed by atoms with van der Waals surface area (Å²) in [7, 11) is 1.39. The molecule has 0 bridgehead atoms. The van der Waals surface area contributed by atoms with Gasteiger partial charge in [-0.25, -0.2) is 0 Å². The minimum absolute atomic E-state index is 0.00888. The molecule has 394 valence electrons. The molecule has 0 aromatic rings. The molecule has 6 aliphatic carbocycles. The summed E-state index contributed by atoms with van der Waals surface area (Å²) >= 11 is 0. The van der Waals surface area contributed by atoms with Gasteiger partial charge in [0, 0.05) is 24.9 Å². The Morgan fingerprint density at radius 3 is 1.32 bits per heavy atom. The van der Waals surface area contributed by atoms with E-state index in [4.69, 9.17) is 9.47 Å². The summed E-state index contributed by atoms with van der Waals surface area (Å²) in [6.45, 7) is 14.7. The third kappa shape index (κ3) is 12.6. The fourth-order valence-corrected chi connectivity index (χ4v) is 14.6. The van der Waals surface area contributed by atoms with Crippen LogP contribution in [0, 0.1) is 94.2 Å². The monoisotopic (exact) mass is 991 g/mol. The second kappa shape index (κ2) is 22.0. The summed E-state index contributed by atoms with van der Waals surface area (Å²) in [6, 6.07) is -0.900. The van der Waals surface area contributed by atoms with Gasteiger partial charge in [0.15, 0.2) is 0 Å². The number of alkyl halides is 6. The SMILES string of the molecule is CNC(=O)C1CC(C(=O)C2CCC(C(=O)O)C(C(=O)NC3CCC(OC4C(C)CC(C(C)(C)C5CC(C)C(OC6CCC(C)CC6C(F)(F)F)C(C)C5)CC4C)C(C(F)(F)F)C3)C2)CCC1C(=O)O. The lowest BCUT2D eigenvalue weighted by molar-refractivity contribution is -0.238. The van der Waals surface area contributed by atoms with E-state index < -0.39 is 114 Å². The van der Waals surface area contributed by atoms with Crippen LogP contribution in [0.3, 0.4) is 0 Å². The topological polar surface area (TPSA) is 168 Å². The average Bonchev–Trinajstić information content (AvgIpc) is 3.27. The summed E-state index contributed by atoms with van der Waals surface area (Å²) in [6.07, 6.45) is -7.01. The standard InChI is InChI=1S/C52H80F6N2O9/c1-25-9-15-41(39(17-25)51(53,54)55)68-44-26(2)18-32(19-27(44)3)50(6,7)33-20-28(4)45(29(5)21-33)69-42-16-12-34(24-40(42)52(56,57)58)60-47(63)38-23-31(11-14-36(38)49(66)67)43(61)30-10-13-35(48(64)65)37(22-30)46(62)59-8/h25-42,44-45H,9-24H2,1-8H3,(H,59,62)(H,60,63)(H,64,65)(H,66,67). The molecular formula is C52H80F6N2O9. The Kier molecular flexibility index (Phi) is 17.7. The van der Waals surface area contributed by atoms with Crippen molar-refractivity contribution in [2.45, 2.75) is 194 Å². The molecule has 4 N–H and O–H groups in total. The number of carboxylic acid groups (broad SMARTS) is 2. The molecule has 0 heterocycles. The van der Waals surface area contributed by atoms with E-state index in [9.17, 15) is 60.5 Å². The molecule has 69 heavy (non-hydrogen) atoms. The van der Waals surface area contributed by atoms with E-state index in [1.54, 1.807) is 0 Å². The van der Waals surface area contributed by atoms with Gasteiger partial charge in [0.2, 0.25) is 11.8 Å². The zero-order valence-corrected chi connectivity index (χ0v) is 41.9. The normalized spacial score (nSPS) is 41.7. The summed E-state index contributed by atoms with van der Waals surface area (Å²) in [4.78, 5) is 64.6. The molecule has 2 amide bonds. The smallest absolute Gasteiger partial charge is 0.394 e. The van der Waals surface area contributed by atoms with Crippen molar-refractivity contribution < 1.29 is 70.0 Å². The van der Waals surface area contributed by atoms with E-state index in [1.807, 2.05) is 20.8 Å². The molecule has 6 aliphatic rings. The van der Waals surface area contributed by atoms with Gasteiger partial charge in [-0.15, -0.1) is 0 Å². The summed E-state index contributed by atoms with van der Waals surface area (Å²) in [5.74, 6) is -12.1. The molecule has 16 unspecified atom stereocenters. The fourth-order valence-electron chi connectivity index (χ4n) is 14.6. The second-order valence-electron chi connectivity index (χ2n) is 23.7. The van der Waals surface area contributed by atoms with E-state index in [0.717, 1.165) is 32.1 Å². The minimum atomic E-state index is -4.64. The lowest BCUT2D eigenvalue weighted by atomic mass is 9.55. The van der Waals surface area contributed by atoms with Gasteiger partial charge in [-0.1, -0.05) is 48.5 Å². The molecule has 0 saturated heterocycles. The predicted molar refractivity (Wildman–Crippen MR) is 244 cm³/mol. The summed E-state index contributed by atoms with van der Waals surface area (Å²) in [5, 5.41) is 25.0. The highest BCUT2D eigenvalue weighted by molar-refractivity contribution is 5.90. The van der Waals surface area contributed by atoms with Gasteiger partial charge in [-0.05, 0) is 150 Å². The zero-order valence-electron chi connectivity index (χ0n) is 41.9. The van der Waals surface area contributed by atoms with Crippen LogP contribution in [-0.4, -0.2) is 89.6 Å². The van der Waals surface area contributed by atoms with Crippen LogP contribution in [0.1, 0.15) is 151 Å². The molecule has 6 rings (SSSR count). The van der Waals surface area contributed by atoms with Gasteiger partial charge >= 0.3 is 24.3 Å². The Balaban J connectivity index is 1.05. The number of hydrogen-bond donors (Lipinski definition) is 4. The number of halogens is 6. The third-order valence-electron chi connectivity index (χ3n) is 18.7. The Bertz CT molecular complexity index is 1800. The van der Waals surface area contributed by atoms with Crippen LogP contribution in [-0.2, 0) is 33.4 Å². The first kappa shape index (κ1) is 55.4. The first-order valence-electron chi connectivity index (χ1n) is 26.1. The largest absolute Gasteiger partial charge is 0.481 e. The van der Waals surface area contributed by atoms with Crippen molar-refractivity contribution in [2.75, 3.05) is 7.05 Å². The van der Waals surface area contributed by atoms with E-state index in [-0.39, 0.29) is 117 Å². The Morgan fingerprint density at radius 2 is 0.913 bits per heavy atom. The van der Waals surface area contributed by atoms with E-state index >= 15 is 0 Å². The van der Waals surface area contributed by atoms with Gasteiger partial charge in [-0.2, -0.15) is 26.3 Å². The molecule has 0 aromatic carbocycles. The lowest BCUT2D eigenvalue weighted by Crippen LogP contribution is -2.53. The first-order chi connectivity index (χ1) is 32.1. The minimum Gasteiger partial charge on any atom is -0.481 e. The molecule has 11 nitrogen and oxygen atoms in total. The molecule has 0 aromatic heterocycles. The highest BCUT2D eigenvalue weighted by Crippen LogP contribution is 2.55. The lowest BCUT2D eigenvalue weighted by Gasteiger charge is -2.53. The number of rotatable bonds is 13. The Labute approximate surface area is 404 Å². The average molecular weight is 991 g/mol. The Morgan fingerprint density at radius 1 is 0.507 bits per heavy atom.